The number of nitrogens with zero attached hydrogens (tertiary/aromatic N) is 5. The summed E-state index contributed by atoms with van der Waals surface area (Å²) in [5, 5.41) is 3.20. The van der Waals surface area contributed by atoms with Gasteiger partial charge in [0.25, 0.3) is 5.91 Å². The first kappa shape index (κ1) is 26.8. The van der Waals surface area contributed by atoms with Gasteiger partial charge in [0.15, 0.2) is 0 Å². The van der Waals surface area contributed by atoms with E-state index in [1.54, 1.807) is 6.08 Å². The van der Waals surface area contributed by atoms with Crippen LogP contribution in [0.1, 0.15) is 28.9 Å². The number of hydrogen-bond donors (Lipinski definition) is 1. The predicted octanol–water partition coefficient (Wildman–Crippen LogP) is 2.03. The number of urea groups is 1. The van der Waals surface area contributed by atoms with Crippen molar-refractivity contribution in [3.05, 3.63) is 59.9 Å². The van der Waals surface area contributed by atoms with E-state index in [-0.39, 0.29) is 23.9 Å². The molecule has 39 heavy (non-hydrogen) atoms. The van der Waals surface area contributed by atoms with Crippen molar-refractivity contribution < 1.29 is 19.1 Å². The maximum absolute atomic E-state index is 12.9. The summed E-state index contributed by atoms with van der Waals surface area (Å²) in [6.07, 6.45) is 7.13. The molecule has 0 spiro atoms. The SMILES string of the molecule is Cn1cccc1C(=O)N1CCN(C(=O)NC2CCN(c3ccc(C=CC(=O)N4CCOCC4)cc3)CC2)CC1. The summed E-state index contributed by atoms with van der Waals surface area (Å²) in [7, 11) is 1.87. The summed E-state index contributed by atoms with van der Waals surface area (Å²) in [4.78, 5) is 45.7. The molecular weight excluding hydrogens is 496 g/mol. The van der Waals surface area contributed by atoms with Crippen molar-refractivity contribution >= 4 is 29.6 Å². The summed E-state index contributed by atoms with van der Waals surface area (Å²) in [5.74, 6) is 0.0365. The lowest BCUT2D eigenvalue weighted by atomic mass is 10.0. The Balaban J connectivity index is 1.04. The van der Waals surface area contributed by atoms with E-state index in [0.717, 1.165) is 37.2 Å². The molecule has 0 atom stereocenters. The molecule has 1 N–H and O–H groups in total. The van der Waals surface area contributed by atoms with E-state index in [1.165, 1.54) is 0 Å². The second-order valence-electron chi connectivity index (χ2n) is 10.4. The van der Waals surface area contributed by atoms with Gasteiger partial charge < -0.3 is 34.2 Å². The molecule has 3 fully saturated rings. The second-order valence-corrected chi connectivity index (χ2v) is 10.4. The maximum atomic E-state index is 12.9. The van der Waals surface area contributed by atoms with Crippen molar-refractivity contribution in [3.63, 3.8) is 0 Å². The van der Waals surface area contributed by atoms with Crippen LogP contribution in [0.2, 0.25) is 0 Å². The van der Waals surface area contributed by atoms with Gasteiger partial charge in [-0.15, -0.1) is 0 Å². The number of anilines is 1. The Morgan fingerprint density at radius 1 is 0.846 bits per heavy atom. The van der Waals surface area contributed by atoms with E-state index < -0.39 is 0 Å². The van der Waals surface area contributed by atoms with Crippen LogP contribution in [0.3, 0.4) is 0 Å². The van der Waals surface area contributed by atoms with Gasteiger partial charge in [0.1, 0.15) is 5.69 Å². The highest BCUT2D eigenvalue weighted by Crippen LogP contribution is 2.21. The first-order chi connectivity index (χ1) is 19.0. The fourth-order valence-electron chi connectivity index (χ4n) is 5.36. The summed E-state index contributed by atoms with van der Waals surface area (Å²) in [5.41, 5.74) is 2.81. The van der Waals surface area contributed by atoms with E-state index in [9.17, 15) is 14.4 Å². The number of benzene rings is 1. The highest BCUT2D eigenvalue weighted by molar-refractivity contribution is 5.93. The summed E-state index contributed by atoms with van der Waals surface area (Å²) >= 11 is 0. The number of carbonyl (C=O) groups excluding carboxylic acids is 3. The molecule has 2 aromatic rings. The van der Waals surface area contributed by atoms with E-state index in [0.29, 0.717) is 58.2 Å². The molecule has 1 aromatic heterocycles. The number of piperazine rings is 1. The molecule has 0 radical (unpaired) electrons. The van der Waals surface area contributed by atoms with Gasteiger partial charge in [-0.25, -0.2) is 4.79 Å². The van der Waals surface area contributed by atoms with Gasteiger partial charge in [0, 0.05) is 83.4 Å². The number of carbonyl (C=O) groups is 3. The lowest BCUT2D eigenvalue weighted by Crippen LogP contribution is -2.55. The van der Waals surface area contributed by atoms with Crippen molar-refractivity contribution in [3.8, 4) is 0 Å². The molecule has 0 saturated carbocycles. The Labute approximate surface area is 229 Å². The Kier molecular flexibility index (Phi) is 8.51. The lowest BCUT2D eigenvalue weighted by Gasteiger charge is -2.37. The van der Waals surface area contributed by atoms with Crippen LogP contribution >= 0.6 is 0 Å². The van der Waals surface area contributed by atoms with Gasteiger partial charge in [-0.05, 0) is 48.7 Å². The number of rotatable bonds is 5. The second kappa shape index (κ2) is 12.4. The zero-order chi connectivity index (χ0) is 27.2. The summed E-state index contributed by atoms with van der Waals surface area (Å²) in [6, 6.07) is 12.1. The highest BCUT2D eigenvalue weighted by Gasteiger charge is 2.28. The normalized spacial score (nSPS) is 19.0. The van der Waals surface area contributed by atoms with Crippen LogP contribution in [0.25, 0.3) is 6.08 Å². The number of aromatic nitrogens is 1. The number of morpholine rings is 1. The molecule has 10 heteroatoms. The first-order valence-electron chi connectivity index (χ1n) is 13.8. The van der Waals surface area contributed by atoms with Crippen LogP contribution in [-0.4, -0.2) is 109 Å². The fraction of sp³-hybridized carbons (Fsp3) is 0.483. The molecule has 3 aliphatic rings. The largest absolute Gasteiger partial charge is 0.378 e. The highest BCUT2D eigenvalue weighted by atomic mass is 16.5. The Morgan fingerprint density at radius 3 is 2.15 bits per heavy atom. The number of amides is 4. The average Bonchev–Trinajstić information content (AvgIpc) is 3.42. The number of hydrogen-bond acceptors (Lipinski definition) is 5. The van der Waals surface area contributed by atoms with E-state index in [2.05, 4.69) is 22.3 Å². The van der Waals surface area contributed by atoms with Crippen molar-refractivity contribution in [2.75, 3.05) is 70.5 Å². The molecule has 4 heterocycles. The average molecular weight is 535 g/mol. The third kappa shape index (κ3) is 6.62. The minimum atomic E-state index is -0.0396. The molecule has 5 rings (SSSR count). The zero-order valence-corrected chi connectivity index (χ0v) is 22.6. The number of nitrogens with one attached hydrogen (secondary N) is 1. The van der Waals surface area contributed by atoms with E-state index >= 15 is 0 Å². The molecule has 3 aliphatic heterocycles. The number of piperidine rings is 1. The molecule has 1 aromatic carbocycles. The molecule has 0 bridgehead atoms. The van der Waals surface area contributed by atoms with E-state index in [1.807, 2.05) is 62.9 Å². The molecular formula is C29H38N6O4. The standard InChI is InChI=1S/C29H38N6O4/c1-31-12-2-3-26(31)28(37)34-15-17-35(18-16-34)29(38)30-24-10-13-32(14-11-24)25-7-4-23(5-8-25)6-9-27(36)33-19-21-39-22-20-33/h2-9,12,24H,10-11,13-22H2,1H3,(H,30,38). The summed E-state index contributed by atoms with van der Waals surface area (Å²) in [6.45, 7) is 6.40. The van der Waals surface area contributed by atoms with Crippen LogP contribution in [0.15, 0.2) is 48.7 Å². The summed E-state index contributed by atoms with van der Waals surface area (Å²) < 4.78 is 7.13. The Hall–Kier alpha value is -3.79. The van der Waals surface area contributed by atoms with Crippen molar-refractivity contribution in [2.45, 2.75) is 18.9 Å². The van der Waals surface area contributed by atoms with Crippen LogP contribution < -0.4 is 10.2 Å². The number of aryl methyl sites for hydroxylation is 1. The monoisotopic (exact) mass is 534 g/mol. The number of ether oxygens (including phenoxy) is 1. The molecule has 0 unspecified atom stereocenters. The van der Waals surface area contributed by atoms with Crippen LogP contribution in [0, 0.1) is 0 Å². The Bertz CT molecular complexity index is 1170. The van der Waals surface area contributed by atoms with Crippen molar-refractivity contribution in [1.82, 2.24) is 24.6 Å². The molecule has 4 amide bonds. The van der Waals surface area contributed by atoms with Gasteiger partial charge in [-0.3, -0.25) is 9.59 Å². The third-order valence-electron chi connectivity index (χ3n) is 7.84. The van der Waals surface area contributed by atoms with Crippen molar-refractivity contribution in [1.29, 1.82) is 0 Å². The third-order valence-corrected chi connectivity index (χ3v) is 7.84. The van der Waals surface area contributed by atoms with Crippen molar-refractivity contribution in [2.24, 2.45) is 7.05 Å². The minimum absolute atomic E-state index is 0.0143. The maximum Gasteiger partial charge on any atom is 0.317 e. The zero-order valence-electron chi connectivity index (χ0n) is 22.6. The molecule has 10 nitrogen and oxygen atoms in total. The van der Waals surface area contributed by atoms with Crippen LogP contribution in [0.5, 0.6) is 0 Å². The van der Waals surface area contributed by atoms with Gasteiger partial charge in [-0.2, -0.15) is 0 Å². The fourth-order valence-corrected chi connectivity index (χ4v) is 5.36. The molecule has 3 saturated heterocycles. The quantitative estimate of drug-likeness (QED) is 0.593. The molecule has 0 aliphatic carbocycles. The van der Waals surface area contributed by atoms with Gasteiger partial charge in [-0.1, -0.05) is 12.1 Å². The van der Waals surface area contributed by atoms with Gasteiger partial charge >= 0.3 is 6.03 Å². The first-order valence-corrected chi connectivity index (χ1v) is 13.8. The Morgan fingerprint density at radius 2 is 1.51 bits per heavy atom. The van der Waals surface area contributed by atoms with Crippen LogP contribution in [-0.2, 0) is 16.6 Å². The topological polar surface area (TPSA) is 90.4 Å². The van der Waals surface area contributed by atoms with Gasteiger partial charge in [0.2, 0.25) is 5.91 Å². The van der Waals surface area contributed by atoms with Gasteiger partial charge in [0.05, 0.1) is 13.2 Å². The van der Waals surface area contributed by atoms with E-state index in [4.69, 9.17) is 4.74 Å². The minimum Gasteiger partial charge on any atom is -0.378 e. The molecule has 208 valence electrons. The lowest BCUT2D eigenvalue weighted by molar-refractivity contribution is -0.129. The van der Waals surface area contributed by atoms with Crippen LogP contribution in [0.4, 0.5) is 10.5 Å². The smallest absolute Gasteiger partial charge is 0.317 e. The predicted molar refractivity (Wildman–Crippen MR) is 150 cm³/mol.